The lowest BCUT2D eigenvalue weighted by Gasteiger charge is -2.09. The van der Waals surface area contributed by atoms with Gasteiger partial charge in [-0.05, 0) is 16.8 Å². The van der Waals surface area contributed by atoms with Crippen LogP contribution in [0, 0.1) is 5.92 Å². The molecule has 0 heterocycles. The maximum Gasteiger partial charge on any atom is -0.0118 e. The molecule has 0 aromatic rings. The molecule has 0 spiro atoms. The fourth-order valence-electron chi connectivity index (χ4n) is 0.891. The van der Waals surface area contributed by atoms with Crippen LogP contribution in [0.15, 0.2) is 11.1 Å². The minimum absolute atomic E-state index is 0.830. The lowest BCUT2D eigenvalue weighted by molar-refractivity contribution is 0.498. The average molecular weight is 191 g/mol. The molecule has 0 atom stereocenters. The standard InChI is InChI=1S/C8H15Br/c1-4-8(5-2)6-7(3)9/h8H,3-6H2,1-2H3. The molecule has 0 aliphatic rings. The molecule has 0 aromatic heterocycles. The molecule has 0 aromatic carbocycles. The first-order valence-corrected chi connectivity index (χ1v) is 4.33. The van der Waals surface area contributed by atoms with E-state index < -0.39 is 0 Å². The Morgan fingerprint density at radius 2 is 1.89 bits per heavy atom. The van der Waals surface area contributed by atoms with Crippen LogP contribution in [-0.2, 0) is 0 Å². The summed E-state index contributed by atoms with van der Waals surface area (Å²) >= 11 is 3.36. The summed E-state index contributed by atoms with van der Waals surface area (Å²) in [4.78, 5) is 0. The molecule has 0 N–H and O–H groups in total. The summed E-state index contributed by atoms with van der Waals surface area (Å²) < 4.78 is 1.14. The predicted octanol–water partition coefficient (Wildman–Crippen LogP) is 3.72. The molecule has 0 radical (unpaired) electrons. The van der Waals surface area contributed by atoms with Gasteiger partial charge in [0, 0.05) is 0 Å². The smallest absolute Gasteiger partial charge is 0.0118 e. The van der Waals surface area contributed by atoms with E-state index in [1.165, 1.54) is 12.8 Å². The number of hydrogen-bond acceptors (Lipinski definition) is 0. The van der Waals surface area contributed by atoms with Gasteiger partial charge >= 0.3 is 0 Å². The fourth-order valence-corrected chi connectivity index (χ4v) is 1.35. The summed E-state index contributed by atoms with van der Waals surface area (Å²) in [6.07, 6.45) is 3.66. The van der Waals surface area contributed by atoms with Crippen LogP contribution in [0.4, 0.5) is 0 Å². The molecule has 0 nitrogen and oxygen atoms in total. The van der Waals surface area contributed by atoms with E-state index in [1.54, 1.807) is 0 Å². The molecule has 0 bridgehead atoms. The molecule has 54 valence electrons. The second kappa shape index (κ2) is 5.04. The topological polar surface area (TPSA) is 0 Å². The second-order valence-corrected chi connectivity index (χ2v) is 3.53. The highest BCUT2D eigenvalue weighted by molar-refractivity contribution is 9.11. The maximum absolute atomic E-state index is 3.81. The summed E-state index contributed by atoms with van der Waals surface area (Å²) in [6.45, 7) is 8.26. The molecule has 0 fully saturated rings. The first kappa shape index (κ1) is 9.22. The third kappa shape index (κ3) is 4.71. The number of hydrogen-bond donors (Lipinski definition) is 0. The molecule has 0 aliphatic carbocycles. The van der Waals surface area contributed by atoms with Crippen molar-refractivity contribution in [3.8, 4) is 0 Å². The van der Waals surface area contributed by atoms with Crippen LogP contribution in [0.2, 0.25) is 0 Å². The highest BCUT2D eigenvalue weighted by Gasteiger charge is 2.02. The Kier molecular flexibility index (Phi) is 5.16. The summed E-state index contributed by atoms with van der Waals surface area (Å²) in [5.74, 6) is 0.830. The Hall–Kier alpha value is 0.220. The van der Waals surface area contributed by atoms with Gasteiger partial charge < -0.3 is 0 Å². The summed E-state index contributed by atoms with van der Waals surface area (Å²) in [5.41, 5.74) is 0. The third-order valence-electron chi connectivity index (χ3n) is 1.66. The van der Waals surface area contributed by atoms with Crippen molar-refractivity contribution in [2.75, 3.05) is 0 Å². The number of rotatable bonds is 4. The van der Waals surface area contributed by atoms with Crippen molar-refractivity contribution in [2.45, 2.75) is 33.1 Å². The summed E-state index contributed by atoms with van der Waals surface area (Å²) in [6, 6.07) is 0. The largest absolute Gasteiger partial charge is 0.0889 e. The van der Waals surface area contributed by atoms with Crippen molar-refractivity contribution >= 4 is 15.9 Å². The lowest BCUT2D eigenvalue weighted by atomic mass is 10.00. The van der Waals surface area contributed by atoms with E-state index in [0.29, 0.717) is 0 Å². The van der Waals surface area contributed by atoms with E-state index in [0.717, 1.165) is 16.8 Å². The van der Waals surface area contributed by atoms with Gasteiger partial charge in [-0.3, -0.25) is 0 Å². The van der Waals surface area contributed by atoms with E-state index in [4.69, 9.17) is 0 Å². The molecule has 0 unspecified atom stereocenters. The fraction of sp³-hybridized carbons (Fsp3) is 0.750. The Balaban J connectivity index is 3.43. The van der Waals surface area contributed by atoms with E-state index in [-0.39, 0.29) is 0 Å². The van der Waals surface area contributed by atoms with Gasteiger partial charge in [0.15, 0.2) is 0 Å². The minimum atomic E-state index is 0.830. The van der Waals surface area contributed by atoms with Crippen LogP contribution in [-0.4, -0.2) is 0 Å². The van der Waals surface area contributed by atoms with Gasteiger partial charge in [0.05, 0.1) is 0 Å². The Morgan fingerprint density at radius 3 is 2.00 bits per heavy atom. The lowest BCUT2D eigenvalue weighted by Crippen LogP contribution is -1.94. The van der Waals surface area contributed by atoms with Crippen molar-refractivity contribution in [2.24, 2.45) is 5.92 Å². The molecule has 0 rings (SSSR count). The van der Waals surface area contributed by atoms with Crippen LogP contribution >= 0.6 is 15.9 Å². The maximum atomic E-state index is 3.81. The van der Waals surface area contributed by atoms with Crippen molar-refractivity contribution < 1.29 is 0 Å². The average Bonchev–Trinajstić information content (AvgIpc) is 1.82. The second-order valence-electron chi connectivity index (χ2n) is 2.40. The van der Waals surface area contributed by atoms with Crippen molar-refractivity contribution in [3.05, 3.63) is 11.1 Å². The van der Waals surface area contributed by atoms with Crippen molar-refractivity contribution in [3.63, 3.8) is 0 Å². The normalized spacial score (nSPS) is 10.2. The molecular weight excluding hydrogens is 176 g/mol. The van der Waals surface area contributed by atoms with Crippen molar-refractivity contribution in [1.29, 1.82) is 0 Å². The minimum Gasteiger partial charge on any atom is -0.0889 e. The summed E-state index contributed by atoms with van der Waals surface area (Å²) in [7, 11) is 0. The molecule has 1 heteroatoms. The zero-order chi connectivity index (χ0) is 7.28. The highest BCUT2D eigenvalue weighted by Crippen LogP contribution is 2.20. The number of allylic oxidation sites excluding steroid dienone is 1. The predicted molar refractivity (Wildman–Crippen MR) is 46.8 cm³/mol. The van der Waals surface area contributed by atoms with Gasteiger partial charge in [-0.15, -0.1) is 0 Å². The van der Waals surface area contributed by atoms with Crippen LogP contribution < -0.4 is 0 Å². The van der Waals surface area contributed by atoms with Gasteiger partial charge in [-0.25, -0.2) is 0 Å². The molecule has 0 amide bonds. The Morgan fingerprint density at radius 1 is 1.44 bits per heavy atom. The Bertz CT molecular complexity index is 82.6. The van der Waals surface area contributed by atoms with Crippen molar-refractivity contribution in [1.82, 2.24) is 0 Å². The van der Waals surface area contributed by atoms with E-state index in [9.17, 15) is 0 Å². The van der Waals surface area contributed by atoms with E-state index in [2.05, 4.69) is 36.4 Å². The number of halogens is 1. The Labute approximate surface area is 66.5 Å². The van der Waals surface area contributed by atoms with Crippen LogP contribution in [0.5, 0.6) is 0 Å². The van der Waals surface area contributed by atoms with Crippen LogP contribution in [0.3, 0.4) is 0 Å². The zero-order valence-corrected chi connectivity index (χ0v) is 7.87. The van der Waals surface area contributed by atoms with Gasteiger partial charge in [0.2, 0.25) is 0 Å². The van der Waals surface area contributed by atoms with Crippen LogP contribution in [0.1, 0.15) is 33.1 Å². The van der Waals surface area contributed by atoms with Gasteiger partial charge in [0.1, 0.15) is 0 Å². The quantitative estimate of drug-likeness (QED) is 0.635. The first-order chi connectivity index (χ1) is 4.20. The van der Waals surface area contributed by atoms with Gasteiger partial charge in [-0.1, -0.05) is 49.2 Å². The third-order valence-corrected chi connectivity index (χ3v) is 1.99. The van der Waals surface area contributed by atoms with E-state index >= 15 is 0 Å². The SMILES string of the molecule is C=C(Br)CC(CC)CC. The monoisotopic (exact) mass is 190 g/mol. The van der Waals surface area contributed by atoms with E-state index in [1.807, 2.05) is 0 Å². The molecular formula is C8H15Br. The van der Waals surface area contributed by atoms with Gasteiger partial charge in [0.25, 0.3) is 0 Å². The molecule has 9 heavy (non-hydrogen) atoms. The molecule has 0 aliphatic heterocycles. The summed E-state index contributed by atoms with van der Waals surface area (Å²) in [5, 5.41) is 0. The molecule has 0 saturated carbocycles. The molecule has 0 saturated heterocycles. The first-order valence-electron chi connectivity index (χ1n) is 3.54. The highest BCUT2D eigenvalue weighted by atomic mass is 79.9. The van der Waals surface area contributed by atoms with Gasteiger partial charge in [-0.2, -0.15) is 0 Å². The van der Waals surface area contributed by atoms with Crippen LogP contribution in [0.25, 0.3) is 0 Å². The zero-order valence-electron chi connectivity index (χ0n) is 6.28.